The molecule has 3 aromatic carbocycles. The molecule has 0 saturated carbocycles. The smallest absolute Gasteiger partial charge is 0.173 e. The van der Waals surface area contributed by atoms with Crippen molar-refractivity contribution in [2.75, 3.05) is 6.54 Å². The van der Waals surface area contributed by atoms with Crippen molar-refractivity contribution in [2.45, 2.75) is 25.3 Å². The van der Waals surface area contributed by atoms with Gasteiger partial charge in [0.1, 0.15) is 0 Å². The van der Waals surface area contributed by atoms with Gasteiger partial charge in [-0.1, -0.05) is 97.4 Å². The number of rotatable bonds is 5. The van der Waals surface area contributed by atoms with Crippen LogP contribution in [0, 0.1) is 0 Å². The van der Waals surface area contributed by atoms with Crippen LogP contribution in [0.4, 0.5) is 0 Å². The summed E-state index contributed by atoms with van der Waals surface area (Å²) in [6, 6.07) is 31.5. The van der Waals surface area contributed by atoms with Crippen LogP contribution >= 0.6 is 6.89 Å². The maximum absolute atomic E-state index is 13.4. The Balaban J connectivity index is 1.98. The summed E-state index contributed by atoms with van der Waals surface area (Å²) < 4.78 is 0. The van der Waals surface area contributed by atoms with Crippen molar-refractivity contribution < 1.29 is 4.79 Å². The van der Waals surface area contributed by atoms with Gasteiger partial charge in [0.05, 0.1) is 6.04 Å². The van der Waals surface area contributed by atoms with E-state index in [0.29, 0.717) is 0 Å². The monoisotopic (exact) mass is 387 g/mol. The number of ketones is 1. The molecule has 0 amide bonds. The Morgan fingerprint density at radius 3 is 1.61 bits per heavy atom. The molecule has 142 valence electrons. The summed E-state index contributed by atoms with van der Waals surface area (Å²) in [6.07, 6.45) is 3.19. The van der Waals surface area contributed by atoms with Gasteiger partial charge in [-0.3, -0.25) is 4.79 Å². The average Bonchev–Trinajstić information content (AvgIpc) is 2.80. The average molecular weight is 387 g/mol. The number of hydrogen-bond acceptors (Lipinski definition) is 2. The van der Waals surface area contributed by atoms with Gasteiger partial charge >= 0.3 is 0 Å². The molecule has 1 atom stereocenters. The highest BCUT2D eigenvalue weighted by molar-refractivity contribution is 7.95. The van der Waals surface area contributed by atoms with Gasteiger partial charge in [-0.05, 0) is 48.0 Å². The van der Waals surface area contributed by atoms with Crippen LogP contribution in [-0.2, 0) is 4.79 Å². The summed E-state index contributed by atoms with van der Waals surface area (Å²) in [5.74, 6) is 2.29. The normalized spacial score (nSPS) is 17.1. The highest BCUT2D eigenvalue weighted by Crippen LogP contribution is 2.43. The van der Waals surface area contributed by atoms with Crippen LogP contribution in [0.2, 0.25) is 0 Å². The summed E-state index contributed by atoms with van der Waals surface area (Å²) in [4.78, 5) is 13.4. The topological polar surface area (TPSA) is 29.1 Å². The molecule has 0 bridgehead atoms. The number of piperidine rings is 1. The lowest BCUT2D eigenvalue weighted by Gasteiger charge is -2.30. The van der Waals surface area contributed by atoms with Gasteiger partial charge in [0.25, 0.3) is 0 Å². The number of carbonyl (C=O) groups excluding carboxylic acids is 1. The van der Waals surface area contributed by atoms with E-state index in [1.54, 1.807) is 0 Å². The summed E-state index contributed by atoms with van der Waals surface area (Å²) in [5.41, 5.74) is 0. The molecule has 0 radical (unpaired) electrons. The highest BCUT2D eigenvalue weighted by Gasteiger charge is 2.28. The van der Waals surface area contributed by atoms with Crippen molar-refractivity contribution >= 4 is 34.4 Å². The molecule has 1 aliphatic rings. The number of hydrogen-bond donors (Lipinski definition) is 1. The molecular weight excluding hydrogens is 361 g/mol. The summed E-state index contributed by atoms with van der Waals surface area (Å²) >= 11 is 0. The van der Waals surface area contributed by atoms with Crippen molar-refractivity contribution in [1.82, 2.24) is 5.32 Å². The molecule has 1 aliphatic heterocycles. The van der Waals surface area contributed by atoms with Crippen molar-refractivity contribution in [3.63, 3.8) is 0 Å². The van der Waals surface area contributed by atoms with Crippen molar-refractivity contribution in [3.05, 3.63) is 91.0 Å². The number of benzene rings is 3. The SMILES string of the molecule is O=C(C=P(c1ccccc1)(c1ccccc1)c1ccccc1)C1CCCCN1. The molecule has 1 unspecified atom stereocenters. The van der Waals surface area contributed by atoms with Crippen LogP contribution in [0.3, 0.4) is 0 Å². The molecule has 0 aliphatic carbocycles. The molecule has 3 heteroatoms. The van der Waals surface area contributed by atoms with Crippen LogP contribution in [0.5, 0.6) is 0 Å². The predicted molar refractivity (Wildman–Crippen MR) is 122 cm³/mol. The molecule has 0 aromatic heterocycles. The van der Waals surface area contributed by atoms with Gasteiger partial charge in [0, 0.05) is 0 Å². The third-order valence-corrected chi connectivity index (χ3v) is 9.44. The summed E-state index contributed by atoms with van der Waals surface area (Å²) in [6.45, 7) is -1.26. The van der Waals surface area contributed by atoms with Crippen LogP contribution in [0.25, 0.3) is 0 Å². The molecule has 0 spiro atoms. The van der Waals surface area contributed by atoms with Crippen LogP contribution in [-0.4, -0.2) is 24.2 Å². The zero-order valence-corrected chi connectivity index (χ0v) is 16.9. The minimum atomic E-state index is -2.19. The first-order chi connectivity index (χ1) is 13.8. The van der Waals surface area contributed by atoms with Crippen molar-refractivity contribution in [3.8, 4) is 0 Å². The highest BCUT2D eigenvalue weighted by atomic mass is 31.2. The minimum Gasteiger partial charge on any atom is -0.307 e. The second kappa shape index (κ2) is 8.73. The largest absolute Gasteiger partial charge is 0.307 e. The Morgan fingerprint density at radius 1 is 0.750 bits per heavy atom. The van der Waals surface area contributed by atoms with Gasteiger partial charge in [-0.25, -0.2) is 0 Å². The lowest BCUT2D eigenvalue weighted by Crippen LogP contribution is -2.42. The first-order valence-corrected chi connectivity index (χ1v) is 11.9. The Labute approximate surface area is 167 Å². The third-order valence-electron chi connectivity index (χ3n) is 5.47. The molecule has 1 N–H and O–H groups in total. The first kappa shape index (κ1) is 18.9. The van der Waals surface area contributed by atoms with E-state index in [1.165, 1.54) is 15.9 Å². The molecule has 1 fully saturated rings. The van der Waals surface area contributed by atoms with E-state index < -0.39 is 6.89 Å². The molecular formula is C25H26NOP. The lowest BCUT2D eigenvalue weighted by molar-refractivity contribution is -0.114. The first-order valence-electron chi connectivity index (χ1n) is 9.99. The van der Waals surface area contributed by atoms with Crippen LogP contribution < -0.4 is 21.2 Å². The Bertz CT molecular complexity index is 858. The second-order valence-corrected chi connectivity index (χ2v) is 10.5. The molecule has 1 saturated heterocycles. The van der Waals surface area contributed by atoms with Crippen LogP contribution in [0.1, 0.15) is 19.3 Å². The quantitative estimate of drug-likeness (QED) is 0.679. The maximum atomic E-state index is 13.4. The third kappa shape index (κ3) is 3.76. The van der Waals surface area contributed by atoms with E-state index in [1.807, 2.05) is 18.2 Å². The van der Waals surface area contributed by atoms with E-state index >= 15 is 0 Å². The number of nitrogens with one attached hydrogen (secondary N) is 1. The van der Waals surface area contributed by atoms with Crippen molar-refractivity contribution in [2.24, 2.45) is 0 Å². The maximum Gasteiger partial charge on any atom is 0.173 e. The number of carbonyl (C=O) groups is 1. The minimum absolute atomic E-state index is 0.0655. The van der Waals surface area contributed by atoms with Gasteiger partial charge in [-0.15, -0.1) is 0 Å². The Morgan fingerprint density at radius 2 is 1.21 bits per heavy atom. The van der Waals surface area contributed by atoms with Gasteiger partial charge in [0.2, 0.25) is 0 Å². The Hall–Kier alpha value is -2.41. The van der Waals surface area contributed by atoms with E-state index in [0.717, 1.165) is 25.8 Å². The van der Waals surface area contributed by atoms with E-state index in [9.17, 15) is 4.79 Å². The zero-order valence-electron chi connectivity index (χ0n) is 16.0. The van der Waals surface area contributed by atoms with E-state index in [2.05, 4.69) is 83.9 Å². The standard InChI is InChI=1S/C25H26NOP/c27-25(24-18-10-11-19-26-24)20-28(21-12-4-1-5-13-21,22-14-6-2-7-15-22)23-16-8-3-9-17-23/h1-9,12-17,20,24,26H,10-11,18-19H2. The van der Waals surface area contributed by atoms with E-state index in [4.69, 9.17) is 0 Å². The zero-order chi connectivity index (χ0) is 19.2. The fraction of sp³-hybridized carbons (Fsp3) is 0.200. The van der Waals surface area contributed by atoms with Gasteiger partial charge in [0.15, 0.2) is 5.78 Å². The molecule has 4 rings (SSSR count). The summed E-state index contributed by atoms with van der Waals surface area (Å²) in [5, 5.41) is 7.09. The van der Waals surface area contributed by atoms with E-state index in [-0.39, 0.29) is 11.8 Å². The predicted octanol–water partition coefficient (Wildman–Crippen LogP) is 3.49. The lowest BCUT2D eigenvalue weighted by atomic mass is 10.0. The van der Waals surface area contributed by atoms with Crippen molar-refractivity contribution in [1.29, 1.82) is 0 Å². The molecule has 3 aromatic rings. The number of Topliss-reactive ketones (excluding diaryl/α,β-unsaturated/α-hetero) is 1. The molecule has 2 nitrogen and oxygen atoms in total. The molecule has 1 heterocycles. The Kier molecular flexibility index (Phi) is 5.90. The van der Waals surface area contributed by atoms with Crippen LogP contribution in [0.15, 0.2) is 91.0 Å². The summed E-state index contributed by atoms with van der Waals surface area (Å²) in [7, 11) is 0. The van der Waals surface area contributed by atoms with Gasteiger partial charge in [-0.2, -0.15) is 0 Å². The molecule has 28 heavy (non-hydrogen) atoms. The second-order valence-electron chi connectivity index (χ2n) is 7.26. The fourth-order valence-corrected chi connectivity index (χ4v) is 7.87. The van der Waals surface area contributed by atoms with Gasteiger partial charge < -0.3 is 5.32 Å². The fourth-order valence-electron chi connectivity index (χ4n) is 4.04.